The van der Waals surface area contributed by atoms with Crippen molar-refractivity contribution < 1.29 is 4.39 Å². The van der Waals surface area contributed by atoms with Crippen molar-refractivity contribution in [1.82, 2.24) is 15.0 Å². The predicted molar refractivity (Wildman–Crippen MR) is 84.5 cm³/mol. The number of hydrogen-bond donors (Lipinski definition) is 2. The normalized spacial score (nSPS) is 10.3. The number of para-hydroxylation sites is 1. The van der Waals surface area contributed by atoms with Gasteiger partial charge in [-0.3, -0.25) is 4.98 Å². The van der Waals surface area contributed by atoms with Crippen LogP contribution in [0.15, 0.2) is 54.9 Å². The summed E-state index contributed by atoms with van der Waals surface area (Å²) in [6.45, 7) is 0. The Morgan fingerprint density at radius 3 is 2.64 bits per heavy atom. The quantitative estimate of drug-likeness (QED) is 0.771. The van der Waals surface area contributed by atoms with Crippen LogP contribution in [-0.4, -0.2) is 22.0 Å². The van der Waals surface area contributed by atoms with Crippen LogP contribution in [0.1, 0.15) is 0 Å². The Bertz CT molecular complexity index is 776. The van der Waals surface area contributed by atoms with E-state index < -0.39 is 0 Å². The monoisotopic (exact) mass is 295 g/mol. The highest BCUT2D eigenvalue weighted by Crippen LogP contribution is 2.24. The third-order valence-corrected chi connectivity index (χ3v) is 3.04. The smallest absolute Gasteiger partial charge is 0.224 e. The van der Waals surface area contributed by atoms with E-state index in [0.29, 0.717) is 23.1 Å². The number of nitrogens with one attached hydrogen (secondary N) is 2. The van der Waals surface area contributed by atoms with Gasteiger partial charge < -0.3 is 10.6 Å². The maximum atomic E-state index is 13.7. The van der Waals surface area contributed by atoms with Crippen LogP contribution in [0, 0.1) is 5.82 Å². The standard InChI is InChI=1S/C16H14FN5/c1-18-16-21-14(11-5-4-8-19-10-11)9-15(22-16)20-13-7-3-2-6-12(13)17/h2-10H,1H3,(H2,18,20,21,22). The second-order valence-electron chi connectivity index (χ2n) is 4.56. The van der Waals surface area contributed by atoms with Gasteiger partial charge in [0, 0.05) is 31.1 Å². The molecule has 2 heterocycles. The first-order chi connectivity index (χ1) is 10.8. The van der Waals surface area contributed by atoms with E-state index in [1.807, 2.05) is 12.1 Å². The van der Waals surface area contributed by atoms with Crippen molar-refractivity contribution in [1.29, 1.82) is 0 Å². The second kappa shape index (κ2) is 6.17. The molecule has 2 N–H and O–H groups in total. The molecule has 0 unspecified atom stereocenters. The molecule has 3 rings (SSSR count). The molecule has 110 valence electrons. The van der Waals surface area contributed by atoms with E-state index in [0.717, 1.165) is 5.56 Å². The third-order valence-electron chi connectivity index (χ3n) is 3.04. The van der Waals surface area contributed by atoms with Gasteiger partial charge in [0.2, 0.25) is 5.95 Å². The molecule has 0 aliphatic heterocycles. The lowest BCUT2D eigenvalue weighted by molar-refractivity contribution is 0.632. The van der Waals surface area contributed by atoms with Gasteiger partial charge in [-0.2, -0.15) is 4.98 Å². The van der Waals surface area contributed by atoms with Crippen molar-refractivity contribution in [2.24, 2.45) is 0 Å². The SMILES string of the molecule is CNc1nc(Nc2ccccc2F)cc(-c2cccnc2)n1. The van der Waals surface area contributed by atoms with Crippen molar-refractivity contribution in [3.63, 3.8) is 0 Å². The Morgan fingerprint density at radius 1 is 1.05 bits per heavy atom. The molecule has 0 spiro atoms. The van der Waals surface area contributed by atoms with E-state index in [4.69, 9.17) is 0 Å². The summed E-state index contributed by atoms with van der Waals surface area (Å²) < 4.78 is 13.7. The number of pyridine rings is 1. The molecule has 3 aromatic rings. The van der Waals surface area contributed by atoms with Gasteiger partial charge in [-0.15, -0.1) is 0 Å². The summed E-state index contributed by atoms with van der Waals surface area (Å²) in [4.78, 5) is 12.8. The van der Waals surface area contributed by atoms with Gasteiger partial charge in [0.05, 0.1) is 11.4 Å². The first-order valence-electron chi connectivity index (χ1n) is 6.75. The summed E-state index contributed by atoms with van der Waals surface area (Å²) in [7, 11) is 1.73. The van der Waals surface area contributed by atoms with Crippen LogP contribution in [0.25, 0.3) is 11.3 Å². The molecule has 0 aliphatic carbocycles. The van der Waals surface area contributed by atoms with Crippen molar-refractivity contribution in [3.8, 4) is 11.3 Å². The fourth-order valence-corrected chi connectivity index (χ4v) is 1.99. The number of anilines is 3. The Hall–Kier alpha value is -3.02. The lowest BCUT2D eigenvalue weighted by Gasteiger charge is -2.10. The third kappa shape index (κ3) is 3.01. The molecule has 0 radical (unpaired) electrons. The first kappa shape index (κ1) is 13.9. The molecule has 0 amide bonds. The lowest BCUT2D eigenvalue weighted by Crippen LogP contribution is -2.03. The van der Waals surface area contributed by atoms with Crippen molar-refractivity contribution >= 4 is 17.5 Å². The highest BCUT2D eigenvalue weighted by Gasteiger charge is 2.08. The molecule has 0 saturated heterocycles. The van der Waals surface area contributed by atoms with Crippen LogP contribution in [0.3, 0.4) is 0 Å². The van der Waals surface area contributed by atoms with Gasteiger partial charge >= 0.3 is 0 Å². The summed E-state index contributed by atoms with van der Waals surface area (Å²) in [6.07, 6.45) is 3.41. The molecular weight excluding hydrogens is 281 g/mol. The van der Waals surface area contributed by atoms with E-state index in [2.05, 4.69) is 25.6 Å². The van der Waals surface area contributed by atoms with E-state index in [1.165, 1.54) is 6.07 Å². The zero-order valence-corrected chi connectivity index (χ0v) is 11.9. The predicted octanol–water partition coefficient (Wildman–Crippen LogP) is 3.46. The Morgan fingerprint density at radius 2 is 1.91 bits per heavy atom. The van der Waals surface area contributed by atoms with E-state index in [-0.39, 0.29) is 5.82 Å². The second-order valence-corrected chi connectivity index (χ2v) is 4.56. The summed E-state index contributed by atoms with van der Waals surface area (Å²) in [5, 5.41) is 5.87. The maximum Gasteiger partial charge on any atom is 0.224 e. The van der Waals surface area contributed by atoms with Crippen LogP contribution in [0.2, 0.25) is 0 Å². The van der Waals surface area contributed by atoms with Gasteiger partial charge in [-0.25, -0.2) is 9.37 Å². The average molecular weight is 295 g/mol. The zero-order chi connectivity index (χ0) is 15.4. The molecule has 2 aromatic heterocycles. The minimum Gasteiger partial charge on any atom is -0.357 e. The molecule has 0 saturated carbocycles. The lowest BCUT2D eigenvalue weighted by atomic mass is 10.2. The Labute approximate surface area is 127 Å². The molecule has 0 atom stereocenters. The van der Waals surface area contributed by atoms with Crippen molar-refractivity contribution in [3.05, 3.63) is 60.7 Å². The number of halogens is 1. The number of rotatable bonds is 4. The van der Waals surface area contributed by atoms with Crippen LogP contribution in [0.5, 0.6) is 0 Å². The highest BCUT2D eigenvalue weighted by atomic mass is 19.1. The number of aromatic nitrogens is 3. The largest absolute Gasteiger partial charge is 0.357 e. The van der Waals surface area contributed by atoms with Crippen LogP contribution in [-0.2, 0) is 0 Å². The summed E-state index contributed by atoms with van der Waals surface area (Å²) in [5.74, 6) is 0.610. The van der Waals surface area contributed by atoms with E-state index in [9.17, 15) is 4.39 Å². The topological polar surface area (TPSA) is 62.7 Å². The van der Waals surface area contributed by atoms with Crippen LogP contribution < -0.4 is 10.6 Å². The maximum absolute atomic E-state index is 13.7. The van der Waals surface area contributed by atoms with Crippen LogP contribution in [0.4, 0.5) is 21.8 Å². The average Bonchev–Trinajstić information content (AvgIpc) is 2.57. The molecule has 5 nitrogen and oxygen atoms in total. The number of nitrogens with zero attached hydrogens (tertiary/aromatic N) is 3. The van der Waals surface area contributed by atoms with E-state index >= 15 is 0 Å². The van der Waals surface area contributed by atoms with Gasteiger partial charge in [0.15, 0.2) is 0 Å². The summed E-state index contributed by atoms with van der Waals surface area (Å²) >= 11 is 0. The minimum absolute atomic E-state index is 0.338. The van der Waals surface area contributed by atoms with Gasteiger partial charge in [0.25, 0.3) is 0 Å². The summed E-state index contributed by atoms with van der Waals surface area (Å²) in [6, 6.07) is 11.9. The molecule has 0 fully saturated rings. The van der Waals surface area contributed by atoms with Gasteiger partial charge in [-0.1, -0.05) is 12.1 Å². The molecule has 0 aliphatic rings. The number of benzene rings is 1. The minimum atomic E-state index is -0.338. The summed E-state index contributed by atoms with van der Waals surface area (Å²) in [5.41, 5.74) is 1.92. The number of hydrogen-bond acceptors (Lipinski definition) is 5. The fraction of sp³-hybridized carbons (Fsp3) is 0.0625. The molecular formula is C16H14FN5. The molecule has 1 aromatic carbocycles. The van der Waals surface area contributed by atoms with Crippen molar-refractivity contribution in [2.45, 2.75) is 0 Å². The fourth-order valence-electron chi connectivity index (χ4n) is 1.99. The molecule has 22 heavy (non-hydrogen) atoms. The Kier molecular flexibility index (Phi) is 3.91. The van der Waals surface area contributed by atoms with Gasteiger partial charge in [-0.05, 0) is 24.3 Å². The van der Waals surface area contributed by atoms with Gasteiger partial charge in [0.1, 0.15) is 11.6 Å². The van der Waals surface area contributed by atoms with Crippen molar-refractivity contribution in [2.75, 3.05) is 17.7 Å². The van der Waals surface area contributed by atoms with E-state index in [1.54, 1.807) is 43.7 Å². The van der Waals surface area contributed by atoms with Crippen LogP contribution >= 0.6 is 0 Å². The zero-order valence-electron chi connectivity index (χ0n) is 11.9. The molecule has 0 bridgehead atoms. The molecule has 6 heteroatoms. The highest BCUT2D eigenvalue weighted by molar-refractivity contribution is 5.66. The first-order valence-corrected chi connectivity index (χ1v) is 6.75. The Balaban J connectivity index is 2.00.